The summed E-state index contributed by atoms with van der Waals surface area (Å²) in [6.07, 6.45) is 0.593. The molecule has 88 valence electrons. The minimum absolute atomic E-state index is 0.0136. The number of carbonyl (C=O) groups excluding carboxylic acids is 1. The molecule has 4 heteroatoms. The fraction of sp³-hybridized carbons (Fsp3) is 0.909. The molecule has 1 heterocycles. The van der Waals surface area contributed by atoms with Crippen molar-refractivity contribution in [3.63, 3.8) is 0 Å². The van der Waals surface area contributed by atoms with Gasteiger partial charge >= 0.3 is 0 Å². The third kappa shape index (κ3) is 3.47. The Kier molecular flexibility index (Phi) is 4.54. The van der Waals surface area contributed by atoms with Gasteiger partial charge in [0.25, 0.3) is 0 Å². The SMILES string of the molecule is CC(C)C(O)CNC(=O)C1NCCC1C. The van der Waals surface area contributed by atoms with Crippen molar-refractivity contribution in [3.8, 4) is 0 Å². The average molecular weight is 214 g/mol. The van der Waals surface area contributed by atoms with E-state index in [-0.39, 0.29) is 17.9 Å². The van der Waals surface area contributed by atoms with Gasteiger partial charge in [-0.1, -0.05) is 20.8 Å². The largest absolute Gasteiger partial charge is 0.391 e. The first-order valence-corrected chi connectivity index (χ1v) is 5.71. The molecule has 0 bridgehead atoms. The van der Waals surface area contributed by atoms with E-state index in [1.165, 1.54) is 0 Å². The Morgan fingerprint density at radius 3 is 2.73 bits per heavy atom. The van der Waals surface area contributed by atoms with Crippen molar-refractivity contribution in [1.82, 2.24) is 10.6 Å². The molecule has 3 unspecified atom stereocenters. The van der Waals surface area contributed by atoms with E-state index in [1.807, 2.05) is 13.8 Å². The molecule has 0 radical (unpaired) electrons. The Morgan fingerprint density at radius 2 is 2.27 bits per heavy atom. The third-order valence-corrected chi connectivity index (χ3v) is 3.07. The zero-order chi connectivity index (χ0) is 11.4. The number of aliphatic hydroxyl groups is 1. The standard InChI is InChI=1S/C11H22N2O2/c1-7(2)9(14)6-13-11(15)10-8(3)4-5-12-10/h7-10,12,14H,4-6H2,1-3H3,(H,13,15). The molecule has 0 aromatic rings. The highest BCUT2D eigenvalue weighted by Crippen LogP contribution is 2.14. The van der Waals surface area contributed by atoms with Gasteiger partial charge in [0.1, 0.15) is 0 Å². The summed E-state index contributed by atoms with van der Waals surface area (Å²) in [6.45, 7) is 7.21. The summed E-state index contributed by atoms with van der Waals surface area (Å²) in [5.41, 5.74) is 0. The summed E-state index contributed by atoms with van der Waals surface area (Å²) < 4.78 is 0. The molecule has 0 spiro atoms. The fourth-order valence-electron chi connectivity index (χ4n) is 1.74. The maximum atomic E-state index is 11.7. The van der Waals surface area contributed by atoms with Crippen LogP contribution in [0, 0.1) is 11.8 Å². The first-order chi connectivity index (χ1) is 7.02. The molecule has 1 rings (SSSR count). The number of hydrogen-bond donors (Lipinski definition) is 3. The van der Waals surface area contributed by atoms with Crippen LogP contribution in [0.5, 0.6) is 0 Å². The third-order valence-electron chi connectivity index (χ3n) is 3.07. The molecule has 4 nitrogen and oxygen atoms in total. The molecular weight excluding hydrogens is 192 g/mol. The highest BCUT2D eigenvalue weighted by molar-refractivity contribution is 5.82. The van der Waals surface area contributed by atoms with Gasteiger partial charge < -0.3 is 15.7 Å². The van der Waals surface area contributed by atoms with Crippen LogP contribution in [-0.2, 0) is 4.79 Å². The zero-order valence-electron chi connectivity index (χ0n) is 9.79. The van der Waals surface area contributed by atoms with Crippen molar-refractivity contribution in [2.24, 2.45) is 11.8 Å². The summed E-state index contributed by atoms with van der Waals surface area (Å²) in [5, 5.41) is 15.5. The van der Waals surface area contributed by atoms with E-state index >= 15 is 0 Å². The van der Waals surface area contributed by atoms with Crippen LogP contribution in [0.2, 0.25) is 0 Å². The van der Waals surface area contributed by atoms with Crippen LogP contribution < -0.4 is 10.6 Å². The highest BCUT2D eigenvalue weighted by atomic mass is 16.3. The number of nitrogens with one attached hydrogen (secondary N) is 2. The molecule has 0 aromatic heterocycles. The van der Waals surface area contributed by atoms with Crippen LogP contribution in [-0.4, -0.2) is 36.2 Å². The quantitative estimate of drug-likeness (QED) is 0.623. The molecule has 1 aliphatic rings. The summed E-state index contributed by atoms with van der Waals surface area (Å²) in [5.74, 6) is 0.583. The van der Waals surface area contributed by atoms with Crippen LogP contribution >= 0.6 is 0 Å². The molecule has 3 atom stereocenters. The lowest BCUT2D eigenvalue weighted by molar-refractivity contribution is -0.124. The van der Waals surface area contributed by atoms with E-state index in [9.17, 15) is 9.90 Å². The topological polar surface area (TPSA) is 61.4 Å². The minimum atomic E-state index is -0.453. The lowest BCUT2D eigenvalue weighted by Gasteiger charge is -2.19. The Labute approximate surface area is 91.4 Å². The second-order valence-corrected chi connectivity index (χ2v) is 4.75. The molecule has 0 saturated carbocycles. The van der Waals surface area contributed by atoms with Crippen LogP contribution in [0.25, 0.3) is 0 Å². The summed E-state index contributed by atoms with van der Waals surface area (Å²) in [7, 11) is 0. The van der Waals surface area contributed by atoms with Crippen molar-refractivity contribution in [2.45, 2.75) is 39.3 Å². The molecule has 15 heavy (non-hydrogen) atoms. The normalized spacial score (nSPS) is 28.1. The smallest absolute Gasteiger partial charge is 0.237 e. The first-order valence-electron chi connectivity index (χ1n) is 5.71. The lowest BCUT2D eigenvalue weighted by Crippen LogP contribution is -2.46. The second kappa shape index (κ2) is 5.47. The molecule has 1 fully saturated rings. The van der Waals surface area contributed by atoms with Crippen molar-refractivity contribution in [1.29, 1.82) is 0 Å². The van der Waals surface area contributed by atoms with E-state index in [0.29, 0.717) is 12.5 Å². The van der Waals surface area contributed by atoms with Gasteiger partial charge in [-0.05, 0) is 24.8 Å². The number of rotatable bonds is 4. The van der Waals surface area contributed by atoms with Crippen molar-refractivity contribution < 1.29 is 9.90 Å². The van der Waals surface area contributed by atoms with Gasteiger partial charge in [-0.25, -0.2) is 0 Å². The fourth-order valence-corrected chi connectivity index (χ4v) is 1.74. The van der Waals surface area contributed by atoms with Crippen LogP contribution in [0.1, 0.15) is 27.2 Å². The van der Waals surface area contributed by atoms with Crippen LogP contribution in [0.15, 0.2) is 0 Å². The maximum Gasteiger partial charge on any atom is 0.237 e. The monoisotopic (exact) mass is 214 g/mol. The number of aliphatic hydroxyl groups excluding tert-OH is 1. The Morgan fingerprint density at radius 1 is 1.60 bits per heavy atom. The summed E-state index contributed by atoms with van der Waals surface area (Å²) >= 11 is 0. The molecule has 1 aliphatic heterocycles. The average Bonchev–Trinajstić information content (AvgIpc) is 2.60. The maximum absolute atomic E-state index is 11.7. The Hall–Kier alpha value is -0.610. The van der Waals surface area contributed by atoms with Gasteiger partial charge in [0, 0.05) is 6.54 Å². The first kappa shape index (κ1) is 12.5. The van der Waals surface area contributed by atoms with Gasteiger partial charge in [-0.15, -0.1) is 0 Å². The van der Waals surface area contributed by atoms with Crippen LogP contribution in [0.4, 0.5) is 0 Å². The van der Waals surface area contributed by atoms with E-state index in [0.717, 1.165) is 13.0 Å². The number of hydrogen-bond acceptors (Lipinski definition) is 3. The summed E-state index contributed by atoms with van der Waals surface area (Å²) in [4.78, 5) is 11.7. The van der Waals surface area contributed by atoms with Crippen molar-refractivity contribution >= 4 is 5.91 Å². The van der Waals surface area contributed by atoms with Crippen LogP contribution in [0.3, 0.4) is 0 Å². The summed E-state index contributed by atoms with van der Waals surface area (Å²) in [6, 6.07) is -0.0793. The molecular formula is C11H22N2O2. The van der Waals surface area contributed by atoms with E-state index in [2.05, 4.69) is 17.6 Å². The molecule has 0 aliphatic carbocycles. The van der Waals surface area contributed by atoms with Gasteiger partial charge in [-0.2, -0.15) is 0 Å². The van der Waals surface area contributed by atoms with Gasteiger partial charge in [-0.3, -0.25) is 4.79 Å². The highest BCUT2D eigenvalue weighted by Gasteiger charge is 2.29. The van der Waals surface area contributed by atoms with Crippen molar-refractivity contribution in [2.75, 3.05) is 13.1 Å². The molecule has 1 saturated heterocycles. The minimum Gasteiger partial charge on any atom is -0.391 e. The van der Waals surface area contributed by atoms with E-state index in [1.54, 1.807) is 0 Å². The molecule has 3 N–H and O–H groups in total. The zero-order valence-corrected chi connectivity index (χ0v) is 9.79. The number of amides is 1. The predicted octanol–water partition coefficient (Wildman–Crippen LogP) is 0.118. The molecule has 0 aromatic carbocycles. The predicted molar refractivity (Wildman–Crippen MR) is 59.4 cm³/mol. The van der Waals surface area contributed by atoms with Crippen molar-refractivity contribution in [3.05, 3.63) is 0 Å². The Balaban J connectivity index is 2.29. The van der Waals surface area contributed by atoms with E-state index in [4.69, 9.17) is 0 Å². The lowest BCUT2D eigenvalue weighted by atomic mass is 10.0. The molecule has 1 amide bonds. The number of carbonyl (C=O) groups is 1. The van der Waals surface area contributed by atoms with Gasteiger partial charge in [0.2, 0.25) is 5.91 Å². The van der Waals surface area contributed by atoms with Gasteiger partial charge in [0.15, 0.2) is 0 Å². The van der Waals surface area contributed by atoms with E-state index < -0.39 is 6.10 Å². The van der Waals surface area contributed by atoms with Gasteiger partial charge in [0.05, 0.1) is 12.1 Å². The second-order valence-electron chi connectivity index (χ2n) is 4.75. The Bertz CT molecular complexity index is 219.